The number of aryl methyl sites for hydroxylation is 3. The summed E-state index contributed by atoms with van der Waals surface area (Å²) in [6, 6.07) is 13.0. The van der Waals surface area contributed by atoms with E-state index in [1.807, 2.05) is 54.6 Å². The molecule has 5 aromatic rings. The van der Waals surface area contributed by atoms with Gasteiger partial charge in [-0.1, -0.05) is 36.0 Å². The lowest BCUT2D eigenvalue weighted by Gasteiger charge is -2.11. The largest absolute Gasteiger partial charge is 0.422 e. The van der Waals surface area contributed by atoms with Crippen molar-refractivity contribution in [2.75, 3.05) is 13.7 Å². The van der Waals surface area contributed by atoms with E-state index in [2.05, 4.69) is 10.2 Å². The summed E-state index contributed by atoms with van der Waals surface area (Å²) in [7, 11) is 1.64. The Balaban J connectivity index is 1.60. The monoisotopic (exact) mass is 476 g/mol. The van der Waals surface area contributed by atoms with Gasteiger partial charge in [-0.25, -0.2) is 4.79 Å². The lowest BCUT2D eigenvalue weighted by atomic mass is 10.0. The molecule has 0 aliphatic carbocycles. The topological polar surface area (TPSA) is 91.6 Å². The fourth-order valence-electron chi connectivity index (χ4n) is 4.18. The van der Waals surface area contributed by atoms with E-state index in [9.17, 15) is 9.59 Å². The van der Waals surface area contributed by atoms with Gasteiger partial charge in [0.1, 0.15) is 5.58 Å². The molecule has 0 bridgehead atoms. The van der Waals surface area contributed by atoms with Crippen molar-refractivity contribution in [3.05, 3.63) is 79.9 Å². The third-order valence-electron chi connectivity index (χ3n) is 6.08. The van der Waals surface area contributed by atoms with E-state index in [1.165, 1.54) is 17.8 Å². The summed E-state index contributed by atoms with van der Waals surface area (Å²) in [6.07, 6.45) is 0.685. The number of para-hydroxylation sites is 1. The van der Waals surface area contributed by atoms with E-state index in [0.717, 1.165) is 27.6 Å². The smallest absolute Gasteiger partial charge is 0.336 e. The van der Waals surface area contributed by atoms with Gasteiger partial charge in [0.15, 0.2) is 5.16 Å². The van der Waals surface area contributed by atoms with Gasteiger partial charge in [-0.2, -0.15) is 0 Å². The Bertz CT molecular complexity index is 1650. The molecule has 0 N–H and O–H groups in total. The number of ether oxygens (including phenoxy) is 1. The number of hydrogen-bond donors (Lipinski definition) is 0. The van der Waals surface area contributed by atoms with Gasteiger partial charge in [-0.3, -0.25) is 13.8 Å². The van der Waals surface area contributed by atoms with E-state index in [4.69, 9.17) is 9.15 Å². The molecule has 9 heteroatoms. The van der Waals surface area contributed by atoms with E-state index in [1.54, 1.807) is 11.7 Å². The van der Waals surface area contributed by atoms with E-state index >= 15 is 0 Å². The zero-order valence-corrected chi connectivity index (χ0v) is 20.0. The lowest BCUT2D eigenvalue weighted by molar-refractivity contribution is 0.190. The van der Waals surface area contributed by atoms with Crippen LogP contribution in [-0.2, 0) is 17.0 Å². The van der Waals surface area contributed by atoms with Gasteiger partial charge in [-0.15, -0.1) is 10.2 Å². The van der Waals surface area contributed by atoms with Crippen LogP contribution in [0.15, 0.2) is 61.6 Å². The summed E-state index contributed by atoms with van der Waals surface area (Å²) < 4.78 is 14.2. The van der Waals surface area contributed by atoms with Gasteiger partial charge < -0.3 is 9.15 Å². The molecule has 0 unspecified atom stereocenters. The molecule has 0 aliphatic rings. The maximum Gasteiger partial charge on any atom is 0.336 e. The summed E-state index contributed by atoms with van der Waals surface area (Å²) in [4.78, 5) is 25.4. The maximum absolute atomic E-state index is 13.2. The van der Waals surface area contributed by atoms with Gasteiger partial charge in [0, 0.05) is 37.5 Å². The van der Waals surface area contributed by atoms with Crippen LogP contribution in [0.25, 0.3) is 27.6 Å². The van der Waals surface area contributed by atoms with Crippen LogP contribution in [0, 0.1) is 13.8 Å². The molecular formula is C25H24N4O4S. The molecule has 34 heavy (non-hydrogen) atoms. The molecule has 0 aliphatic heterocycles. The van der Waals surface area contributed by atoms with Crippen LogP contribution in [-0.4, -0.2) is 32.9 Å². The van der Waals surface area contributed by atoms with Gasteiger partial charge >= 0.3 is 5.63 Å². The van der Waals surface area contributed by atoms with Crippen LogP contribution >= 0.6 is 11.8 Å². The van der Waals surface area contributed by atoms with Gasteiger partial charge in [0.25, 0.3) is 5.56 Å². The molecule has 0 amide bonds. The van der Waals surface area contributed by atoms with Crippen LogP contribution in [0.5, 0.6) is 0 Å². The molecule has 8 nitrogen and oxygen atoms in total. The van der Waals surface area contributed by atoms with Crippen LogP contribution < -0.4 is 11.2 Å². The number of hydrogen-bond acceptors (Lipinski definition) is 7. The quantitative estimate of drug-likeness (QED) is 0.198. The summed E-state index contributed by atoms with van der Waals surface area (Å²) in [5.41, 5.74) is 3.80. The number of aromatic nitrogens is 4. The molecule has 0 spiro atoms. The van der Waals surface area contributed by atoms with E-state index in [0.29, 0.717) is 47.2 Å². The normalized spacial score (nSPS) is 11.7. The molecule has 0 saturated carbocycles. The number of benzene rings is 2. The first kappa shape index (κ1) is 22.4. The fraction of sp³-hybridized carbons (Fsp3) is 0.280. The van der Waals surface area contributed by atoms with Crippen molar-refractivity contribution in [1.82, 2.24) is 19.2 Å². The van der Waals surface area contributed by atoms with Crippen LogP contribution in [0.3, 0.4) is 0 Å². The summed E-state index contributed by atoms with van der Waals surface area (Å²) in [6.45, 7) is 4.98. The number of fused-ring (bicyclic) bond motifs is 4. The SMILES string of the molecule is COCCCn1c(=O)c2ccccc2n2c(SCc3cc(=O)oc4c(C)c(C)ccc34)nnc12. The second kappa shape index (κ2) is 9.08. The van der Waals surface area contributed by atoms with Crippen molar-refractivity contribution in [3.63, 3.8) is 0 Å². The number of thioether (sulfide) groups is 1. The van der Waals surface area contributed by atoms with Gasteiger partial charge in [-0.05, 0) is 49.1 Å². The van der Waals surface area contributed by atoms with Gasteiger partial charge in [0.05, 0.1) is 10.9 Å². The molecule has 3 aromatic heterocycles. The fourth-order valence-corrected chi connectivity index (χ4v) is 5.11. The van der Waals surface area contributed by atoms with Crippen molar-refractivity contribution in [2.24, 2.45) is 0 Å². The second-order valence-corrected chi connectivity index (χ2v) is 9.14. The third-order valence-corrected chi connectivity index (χ3v) is 7.06. The van der Waals surface area contributed by atoms with Crippen molar-refractivity contribution >= 4 is 39.4 Å². The highest BCUT2D eigenvalue weighted by Crippen LogP contribution is 2.29. The van der Waals surface area contributed by atoms with Crippen molar-refractivity contribution in [1.29, 1.82) is 0 Å². The maximum atomic E-state index is 13.2. The Morgan fingerprint density at radius 3 is 2.71 bits per heavy atom. The Labute approximate surface area is 199 Å². The van der Waals surface area contributed by atoms with Crippen LogP contribution in [0.1, 0.15) is 23.1 Å². The van der Waals surface area contributed by atoms with Crippen molar-refractivity contribution in [2.45, 2.75) is 37.7 Å². The standard InChI is InChI=1S/C25H24N4O4S/c1-15-9-10-18-17(13-21(30)33-22(18)16(15)2)14-34-25-27-26-24-28(11-6-12-32-3)23(31)19-7-4-5-8-20(19)29(24)25/h4-5,7-10,13H,6,11-12,14H2,1-3H3. The predicted molar refractivity (Wildman–Crippen MR) is 133 cm³/mol. The summed E-state index contributed by atoms with van der Waals surface area (Å²) in [5, 5.41) is 10.9. The molecule has 0 radical (unpaired) electrons. The minimum Gasteiger partial charge on any atom is -0.422 e. The minimum absolute atomic E-state index is 0.0966. The summed E-state index contributed by atoms with van der Waals surface area (Å²) >= 11 is 1.47. The number of nitrogens with zero attached hydrogens (tertiary/aromatic N) is 4. The zero-order chi connectivity index (χ0) is 23.8. The van der Waals surface area contributed by atoms with Crippen molar-refractivity contribution < 1.29 is 9.15 Å². The molecular weight excluding hydrogens is 452 g/mol. The number of rotatable bonds is 7. The Morgan fingerprint density at radius 1 is 1.06 bits per heavy atom. The zero-order valence-electron chi connectivity index (χ0n) is 19.2. The Hall–Kier alpha value is -3.43. The van der Waals surface area contributed by atoms with Gasteiger partial charge in [0.2, 0.25) is 5.78 Å². The lowest BCUT2D eigenvalue weighted by Crippen LogP contribution is -2.24. The Morgan fingerprint density at radius 2 is 1.88 bits per heavy atom. The highest BCUT2D eigenvalue weighted by Gasteiger charge is 2.18. The molecule has 2 aromatic carbocycles. The van der Waals surface area contributed by atoms with Crippen LogP contribution in [0.4, 0.5) is 0 Å². The third kappa shape index (κ3) is 3.80. The first-order valence-electron chi connectivity index (χ1n) is 11.0. The minimum atomic E-state index is -0.375. The molecule has 0 atom stereocenters. The molecule has 0 saturated heterocycles. The number of methoxy groups -OCH3 is 1. The van der Waals surface area contributed by atoms with E-state index in [-0.39, 0.29) is 11.2 Å². The average Bonchev–Trinajstić information content (AvgIpc) is 3.26. The Kier molecular flexibility index (Phi) is 5.97. The molecule has 3 heterocycles. The molecule has 174 valence electrons. The first-order chi connectivity index (χ1) is 16.5. The highest BCUT2D eigenvalue weighted by atomic mass is 32.2. The molecule has 5 rings (SSSR count). The molecule has 0 fully saturated rings. The van der Waals surface area contributed by atoms with Crippen LogP contribution in [0.2, 0.25) is 0 Å². The predicted octanol–water partition coefficient (Wildman–Crippen LogP) is 4.10. The van der Waals surface area contributed by atoms with Crippen molar-refractivity contribution in [3.8, 4) is 0 Å². The second-order valence-electron chi connectivity index (χ2n) is 8.20. The van der Waals surface area contributed by atoms with E-state index < -0.39 is 0 Å². The average molecular weight is 477 g/mol. The first-order valence-corrected chi connectivity index (χ1v) is 12.0. The summed E-state index contributed by atoms with van der Waals surface area (Å²) in [5.74, 6) is 0.994. The highest BCUT2D eigenvalue weighted by molar-refractivity contribution is 7.98.